The highest BCUT2D eigenvalue weighted by Gasteiger charge is 2.31. The predicted octanol–water partition coefficient (Wildman–Crippen LogP) is 3.10. The van der Waals surface area contributed by atoms with Gasteiger partial charge >= 0.3 is 0 Å². The van der Waals surface area contributed by atoms with E-state index in [-0.39, 0.29) is 17.9 Å². The first-order valence-corrected chi connectivity index (χ1v) is 9.92. The standard InChI is InChI=1S/C19H34N2O2/c1-2-18-13-15(10-12-23-18)19(22)20-16-7-6-11-21(14-16)17-8-4-3-5-9-17/h15-18H,2-14H2,1H3,(H,20,22)/t15-,16-,18+/m0/s1. The molecule has 4 heteroatoms. The van der Waals surface area contributed by atoms with E-state index in [4.69, 9.17) is 4.74 Å². The summed E-state index contributed by atoms with van der Waals surface area (Å²) in [4.78, 5) is 15.3. The molecular weight excluding hydrogens is 288 g/mol. The minimum Gasteiger partial charge on any atom is -0.378 e. The van der Waals surface area contributed by atoms with Crippen LogP contribution in [0.3, 0.4) is 0 Å². The van der Waals surface area contributed by atoms with E-state index >= 15 is 0 Å². The van der Waals surface area contributed by atoms with Crippen LogP contribution in [0.4, 0.5) is 0 Å². The molecule has 0 aromatic heterocycles. The first-order chi connectivity index (χ1) is 11.3. The summed E-state index contributed by atoms with van der Waals surface area (Å²) in [6, 6.07) is 1.14. The molecule has 4 nitrogen and oxygen atoms in total. The van der Waals surface area contributed by atoms with E-state index in [9.17, 15) is 4.79 Å². The zero-order valence-electron chi connectivity index (χ0n) is 14.8. The van der Waals surface area contributed by atoms with Crippen molar-refractivity contribution < 1.29 is 9.53 Å². The molecule has 3 atom stereocenters. The third-order valence-electron chi connectivity index (χ3n) is 6.08. The zero-order valence-corrected chi connectivity index (χ0v) is 14.8. The van der Waals surface area contributed by atoms with Crippen molar-refractivity contribution in [2.75, 3.05) is 19.7 Å². The van der Waals surface area contributed by atoms with Crippen LogP contribution in [0.15, 0.2) is 0 Å². The van der Waals surface area contributed by atoms with Crippen LogP contribution in [0.1, 0.15) is 71.1 Å². The Kier molecular flexibility index (Phi) is 6.35. The van der Waals surface area contributed by atoms with Gasteiger partial charge in [-0.3, -0.25) is 9.69 Å². The summed E-state index contributed by atoms with van der Waals surface area (Å²) in [6.45, 7) is 5.19. The van der Waals surface area contributed by atoms with Crippen LogP contribution in [0.5, 0.6) is 0 Å². The summed E-state index contributed by atoms with van der Waals surface area (Å²) < 4.78 is 5.71. The lowest BCUT2D eigenvalue weighted by Gasteiger charge is -2.40. The Morgan fingerprint density at radius 3 is 2.74 bits per heavy atom. The number of ether oxygens (including phenoxy) is 1. The van der Waals surface area contributed by atoms with E-state index in [1.54, 1.807) is 0 Å². The van der Waals surface area contributed by atoms with Gasteiger partial charge < -0.3 is 10.1 Å². The third kappa shape index (κ3) is 4.69. The average Bonchev–Trinajstić information content (AvgIpc) is 2.63. The number of hydrogen-bond acceptors (Lipinski definition) is 3. The molecule has 0 bridgehead atoms. The van der Waals surface area contributed by atoms with Crippen LogP contribution in [0.25, 0.3) is 0 Å². The topological polar surface area (TPSA) is 41.6 Å². The number of carbonyl (C=O) groups excluding carboxylic acids is 1. The van der Waals surface area contributed by atoms with E-state index in [1.807, 2.05) is 0 Å². The fourth-order valence-electron chi connectivity index (χ4n) is 4.62. The monoisotopic (exact) mass is 322 g/mol. The number of carbonyl (C=O) groups is 1. The molecule has 23 heavy (non-hydrogen) atoms. The third-order valence-corrected chi connectivity index (χ3v) is 6.08. The molecule has 1 aliphatic carbocycles. The summed E-state index contributed by atoms with van der Waals surface area (Å²) in [6.07, 6.45) is 12.4. The second-order valence-corrected chi connectivity index (χ2v) is 7.76. The predicted molar refractivity (Wildman–Crippen MR) is 92.4 cm³/mol. The minimum atomic E-state index is 0.166. The molecule has 0 aromatic carbocycles. The van der Waals surface area contributed by atoms with E-state index < -0.39 is 0 Å². The van der Waals surface area contributed by atoms with Crippen LogP contribution in [0.2, 0.25) is 0 Å². The molecule has 0 aromatic rings. The van der Waals surface area contributed by atoms with Gasteiger partial charge in [0.1, 0.15) is 0 Å². The number of nitrogens with zero attached hydrogens (tertiary/aromatic N) is 1. The molecule has 0 radical (unpaired) electrons. The van der Waals surface area contributed by atoms with Crippen LogP contribution in [0, 0.1) is 5.92 Å². The second-order valence-electron chi connectivity index (χ2n) is 7.76. The quantitative estimate of drug-likeness (QED) is 0.865. The van der Waals surface area contributed by atoms with Gasteiger partial charge in [0.05, 0.1) is 6.10 Å². The Balaban J connectivity index is 1.47. The van der Waals surface area contributed by atoms with E-state index in [0.717, 1.165) is 44.9 Å². The summed E-state index contributed by atoms with van der Waals surface area (Å²) in [7, 11) is 0. The van der Waals surface area contributed by atoms with Gasteiger partial charge in [-0.25, -0.2) is 0 Å². The van der Waals surface area contributed by atoms with Crippen LogP contribution < -0.4 is 5.32 Å². The van der Waals surface area contributed by atoms with Crippen molar-refractivity contribution in [2.24, 2.45) is 5.92 Å². The van der Waals surface area contributed by atoms with Crippen molar-refractivity contribution in [1.29, 1.82) is 0 Å². The van der Waals surface area contributed by atoms with E-state index in [2.05, 4.69) is 17.1 Å². The summed E-state index contributed by atoms with van der Waals surface area (Å²) in [5.41, 5.74) is 0. The van der Waals surface area contributed by atoms with Crippen molar-refractivity contribution >= 4 is 5.91 Å². The molecular formula is C19H34N2O2. The molecule has 2 aliphatic heterocycles. The van der Waals surface area contributed by atoms with Crippen LogP contribution in [-0.2, 0) is 9.53 Å². The number of likely N-dealkylation sites (tertiary alicyclic amines) is 1. The lowest BCUT2D eigenvalue weighted by molar-refractivity contribution is -0.131. The molecule has 0 spiro atoms. The minimum absolute atomic E-state index is 0.166. The summed E-state index contributed by atoms with van der Waals surface area (Å²) in [5, 5.41) is 3.37. The Morgan fingerprint density at radius 1 is 1.13 bits per heavy atom. The highest BCUT2D eigenvalue weighted by atomic mass is 16.5. The van der Waals surface area contributed by atoms with Gasteiger partial charge in [-0.15, -0.1) is 0 Å². The fourth-order valence-corrected chi connectivity index (χ4v) is 4.62. The van der Waals surface area contributed by atoms with Gasteiger partial charge in [-0.05, 0) is 51.5 Å². The second kappa shape index (κ2) is 8.48. The van der Waals surface area contributed by atoms with Crippen LogP contribution >= 0.6 is 0 Å². The zero-order chi connectivity index (χ0) is 16.1. The smallest absolute Gasteiger partial charge is 0.223 e. The number of rotatable bonds is 4. The Labute approximate surface area is 141 Å². The first-order valence-electron chi connectivity index (χ1n) is 9.92. The number of piperidine rings is 1. The number of nitrogens with one attached hydrogen (secondary N) is 1. The van der Waals surface area contributed by atoms with Crippen LogP contribution in [-0.4, -0.2) is 48.7 Å². The number of amides is 1. The van der Waals surface area contributed by atoms with Gasteiger partial charge in [0.25, 0.3) is 0 Å². The Bertz CT molecular complexity index is 382. The molecule has 1 saturated carbocycles. The van der Waals surface area contributed by atoms with E-state index in [1.165, 1.54) is 45.1 Å². The Morgan fingerprint density at radius 2 is 1.96 bits per heavy atom. The Hall–Kier alpha value is -0.610. The van der Waals surface area contributed by atoms with Gasteiger partial charge in [0.15, 0.2) is 0 Å². The molecule has 3 fully saturated rings. The lowest BCUT2D eigenvalue weighted by Crippen LogP contribution is -2.52. The van der Waals surface area contributed by atoms with Gasteiger partial charge in [0.2, 0.25) is 5.91 Å². The maximum absolute atomic E-state index is 12.6. The van der Waals surface area contributed by atoms with Crippen molar-refractivity contribution in [1.82, 2.24) is 10.2 Å². The van der Waals surface area contributed by atoms with Gasteiger partial charge in [0, 0.05) is 31.2 Å². The van der Waals surface area contributed by atoms with Crippen molar-refractivity contribution in [3.05, 3.63) is 0 Å². The summed E-state index contributed by atoms with van der Waals surface area (Å²) >= 11 is 0. The van der Waals surface area contributed by atoms with Crippen molar-refractivity contribution in [3.8, 4) is 0 Å². The van der Waals surface area contributed by atoms with E-state index in [0.29, 0.717) is 6.04 Å². The maximum Gasteiger partial charge on any atom is 0.223 e. The number of hydrogen-bond donors (Lipinski definition) is 1. The largest absolute Gasteiger partial charge is 0.378 e. The lowest BCUT2D eigenvalue weighted by atomic mass is 9.91. The molecule has 0 unspecified atom stereocenters. The molecule has 2 heterocycles. The van der Waals surface area contributed by atoms with Gasteiger partial charge in [-0.2, -0.15) is 0 Å². The molecule has 1 N–H and O–H groups in total. The molecule has 3 rings (SSSR count). The fraction of sp³-hybridized carbons (Fsp3) is 0.947. The van der Waals surface area contributed by atoms with Crippen molar-refractivity contribution in [3.63, 3.8) is 0 Å². The highest BCUT2D eigenvalue weighted by molar-refractivity contribution is 5.79. The maximum atomic E-state index is 12.6. The molecule has 2 saturated heterocycles. The summed E-state index contributed by atoms with van der Waals surface area (Å²) in [5.74, 6) is 0.445. The normalized spacial score (nSPS) is 34.2. The molecule has 1 amide bonds. The first kappa shape index (κ1) is 17.2. The molecule has 3 aliphatic rings. The van der Waals surface area contributed by atoms with Crippen molar-refractivity contribution in [2.45, 2.75) is 89.3 Å². The SMILES string of the molecule is CC[C@@H]1C[C@@H](C(=O)N[C@H]2CCCN(C3CCCCC3)C2)CCO1. The van der Waals surface area contributed by atoms with Gasteiger partial charge in [-0.1, -0.05) is 26.2 Å². The molecule has 132 valence electrons. The average molecular weight is 322 g/mol. The highest BCUT2D eigenvalue weighted by Crippen LogP contribution is 2.26.